The predicted molar refractivity (Wildman–Crippen MR) is 77.4 cm³/mol. The largest absolute Gasteiger partial charge is 0.289 e. The van der Waals surface area contributed by atoms with Crippen molar-refractivity contribution in [3.63, 3.8) is 0 Å². The van der Waals surface area contributed by atoms with Crippen LogP contribution in [-0.2, 0) is 0 Å². The topological polar surface area (TPSA) is 45.2 Å². The van der Waals surface area contributed by atoms with E-state index in [1.165, 1.54) is 0 Å². The summed E-state index contributed by atoms with van der Waals surface area (Å²) in [5.41, 5.74) is -0.439. The molecule has 0 saturated carbocycles. The molecule has 0 heterocycles. The van der Waals surface area contributed by atoms with Crippen molar-refractivity contribution < 1.29 is 13.6 Å². The summed E-state index contributed by atoms with van der Waals surface area (Å²) in [7, 11) is 0. The minimum Gasteiger partial charge on any atom is -0.289 e. The molecular weight excluding hydrogens is 286 g/mol. The molecule has 0 amide bonds. The normalized spacial score (nSPS) is 18.0. The number of hydrogen-bond acceptors (Lipinski definition) is 2. The second-order valence-electron chi connectivity index (χ2n) is 6.01. The Morgan fingerprint density at radius 3 is 2.27 bits per heavy atom. The number of carbonyl (C=O) groups is 1. The van der Waals surface area contributed by atoms with Gasteiger partial charge in [0.1, 0.15) is 0 Å². The zero-order chi connectivity index (χ0) is 16.7. The molecule has 0 aliphatic heterocycles. The Morgan fingerprint density at radius 2 is 1.82 bits per heavy atom. The molecule has 0 aromatic heterocycles. The van der Waals surface area contributed by atoms with Gasteiger partial charge in [0.05, 0.1) is 12.6 Å². The highest BCUT2D eigenvalue weighted by Gasteiger charge is 2.34. The molecule has 0 fully saturated rings. The first-order valence-electron chi connectivity index (χ1n) is 6.48. The van der Waals surface area contributed by atoms with E-state index < -0.39 is 22.8 Å². The van der Waals surface area contributed by atoms with E-state index in [0.29, 0.717) is 0 Å². The Hall–Kier alpha value is -2.79. The van der Waals surface area contributed by atoms with Crippen LogP contribution < -0.4 is 0 Å². The van der Waals surface area contributed by atoms with Crippen molar-refractivity contribution >= 4 is 11.4 Å². The second kappa shape index (κ2) is 5.20. The van der Waals surface area contributed by atoms with E-state index in [2.05, 4.69) is 4.85 Å². The maximum atomic E-state index is 13.5. The van der Waals surface area contributed by atoms with Crippen LogP contribution in [0.15, 0.2) is 29.5 Å². The number of Topliss-reactive ketones (excluding diaryl/α,β-unsaturated/α-hetero) is 1. The van der Waals surface area contributed by atoms with Crippen LogP contribution in [0.25, 0.3) is 10.4 Å². The first-order valence-corrected chi connectivity index (χ1v) is 6.48. The number of halogens is 2. The standard InChI is InChI=1S/C17H12F2N2O/c1-17(2,3)7-11-15(14(8-20)21-4)9-5-12(18)13(19)6-10(9)16(11)22/h5-7H,1-3H3/b11-7-,15-14-. The smallest absolute Gasteiger partial charge is 0.270 e. The van der Waals surface area contributed by atoms with Crippen LogP contribution in [0.3, 0.4) is 0 Å². The molecule has 5 heteroatoms. The van der Waals surface area contributed by atoms with Crippen LogP contribution in [0, 0.1) is 35.0 Å². The molecule has 110 valence electrons. The number of allylic oxidation sites excluding steroid dienone is 4. The number of rotatable bonds is 0. The van der Waals surface area contributed by atoms with E-state index in [4.69, 9.17) is 11.8 Å². The summed E-state index contributed by atoms with van der Waals surface area (Å²) in [6, 6.07) is 3.40. The van der Waals surface area contributed by atoms with Crippen molar-refractivity contribution in [2.75, 3.05) is 0 Å². The molecule has 0 spiro atoms. The first kappa shape index (κ1) is 15.6. The highest BCUT2D eigenvalue weighted by atomic mass is 19.2. The van der Waals surface area contributed by atoms with Gasteiger partial charge in [-0.1, -0.05) is 26.8 Å². The number of ketones is 1. The zero-order valence-electron chi connectivity index (χ0n) is 12.3. The molecule has 1 aromatic rings. The summed E-state index contributed by atoms with van der Waals surface area (Å²) in [6.45, 7) is 12.6. The third-order valence-electron chi connectivity index (χ3n) is 3.12. The average Bonchev–Trinajstić information content (AvgIpc) is 2.65. The van der Waals surface area contributed by atoms with Crippen molar-refractivity contribution in [3.8, 4) is 6.07 Å². The van der Waals surface area contributed by atoms with Gasteiger partial charge in [0.2, 0.25) is 0 Å². The molecule has 2 rings (SSSR count). The Morgan fingerprint density at radius 1 is 1.27 bits per heavy atom. The third-order valence-corrected chi connectivity index (χ3v) is 3.12. The van der Waals surface area contributed by atoms with Gasteiger partial charge in [0, 0.05) is 16.7 Å². The number of nitriles is 1. The summed E-state index contributed by atoms with van der Waals surface area (Å²) in [4.78, 5) is 15.6. The van der Waals surface area contributed by atoms with Crippen LogP contribution >= 0.6 is 0 Å². The molecule has 1 aliphatic rings. The Kier molecular flexibility index (Phi) is 3.69. The monoisotopic (exact) mass is 298 g/mol. The molecule has 0 atom stereocenters. The van der Waals surface area contributed by atoms with E-state index >= 15 is 0 Å². The van der Waals surface area contributed by atoms with Gasteiger partial charge in [-0.25, -0.2) is 18.9 Å². The van der Waals surface area contributed by atoms with Gasteiger partial charge in [0.25, 0.3) is 5.70 Å². The summed E-state index contributed by atoms with van der Waals surface area (Å²) in [5, 5.41) is 9.11. The second-order valence-corrected chi connectivity index (χ2v) is 6.01. The Labute approximate surface area is 127 Å². The molecule has 0 unspecified atom stereocenters. The highest BCUT2D eigenvalue weighted by Crippen LogP contribution is 2.41. The number of nitrogens with zero attached hydrogens (tertiary/aromatic N) is 2. The summed E-state index contributed by atoms with van der Waals surface area (Å²) in [5.74, 6) is -2.76. The van der Waals surface area contributed by atoms with Gasteiger partial charge >= 0.3 is 0 Å². The van der Waals surface area contributed by atoms with Crippen molar-refractivity contribution in [3.05, 3.63) is 63.7 Å². The third kappa shape index (κ3) is 2.54. The number of fused-ring (bicyclic) bond motifs is 1. The quantitative estimate of drug-likeness (QED) is 0.407. The van der Waals surface area contributed by atoms with Crippen LogP contribution in [-0.4, -0.2) is 5.78 Å². The SMILES string of the molecule is [C-]#[N+]/C(C#N)=C1\C(=C\C(C)(C)C)C(=O)c2cc(F)c(F)cc21. The fourth-order valence-corrected chi connectivity index (χ4v) is 2.31. The Balaban J connectivity index is 2.90. The lowest BCUT2D eigenvalue weighted by Gasteiger charge is -2.14. The van der Waals surface area contributed by atoms with Crippen molar-refractivity contribution in [2.24, 2.45) is 5.41 Å². The summed E-state index contributed by atoms with van der Waals surface area (Å²) < 4.78 is 26.9. The molecule has 0 N–H and O–H groups in total. The predicted octanol–water partition coefficient (Wildman–Crippen LogP) is 4.29. The number of hydrogen-bond donors (Lipinski definition) is 0. The van der Waals surface area contributed by atoms with Gasteiger partial charge in [-0.15, -0.1) is 0 Å². The van der Waals surface area contributed by atoms with Crippen LogP contribution in [0.4, 0.5) is 8.78 Å². The number of carbonyl (C=O) groups excluding carboxylic acids is 1. The molecular formula is C17H12F2N2O. The van der Waals surface area contributed by atoms with Gasteiger partial charge in [-0.3, -0.25) is 4.79 Å². The summed E-state index contributed by atoms with van der Waals surface area (Å²) in [6.07, 6.45) is 1.61. The van der Waals surface area contributed by atoms with Crippen molar-refractivity contribution in [1.29, 1.82) is 5.26 Å². The fourth-order valence-electron chi connectivity index (χ4n) is 2.31. The molecule has 0 radical (unpaired) electrons. The summed E-state index contributed by atoms with van der Waals surface area (Å²) >= 11 is 0. The number of benzene rings is 1. The fraction of sp³-hybridized carbons (Fsp3) is 0.235. The molecule has 1 aromatic carbocycles. The van der Waals surface area contributed by atoms with Gasteiger partial charge < -0.3 is 0 Å². The van der Waals surface area contributed by atoms with E-state index in [1.807, 2.05) is 20.8 Å². The van der Waals surface area contributed by atoms with Crippen LogP contribution in [0.2, 0.25) is 0 Å². The van der Waals surface area contributed by atoms with Gasteiger partial charge in [-0.2, -0.15) is 0 Å². The highest BCUT2D eigenvalue weighted by molar-refractivity contribution is 6.27. The van der Waals surface area contributed by atoms with Crippen molar-refractivity contribution in [1.82, 2.24) is 0 Å². The maximum absolute atomic E-state index is 13.5. The van der Waals surface area contributed by atoms with E-state index in [-0.39, 0.29) is 28.0 Å². The van der Waals surface area contributed by atoms with Crippen LogP contribution in [0.5, 0.6) is 0 Å². The zero-order valence-corrected chi connectivity index (χ0v) is 12.3. The first-order chi connectivity index (χ1) is 10.2. The van der Waals surface area contributed by atoms with Gasteiger partial charge in [-0.05, 0) is 23.1 Å². The van der Waals surface area contributed by atoms with Crippen molar-refractivity contribution in [2.45, 2.75) is 20.8 Å². The van der Waals surface area contributed by atoms with Crippen LogP contribution in [0.1, 0.15) is 36.7 Å². The van der Waals surface area contributed by atoms with E-state index in [0.717, 1.165) is 12.1 Å². The van der Waals surface area contributed by atoms with E-state index in [1.54, 1.807) is 12.1 Å². The molecule has 3 nitrogen and oxygen atoms in total. The maximum Gasteiger partial charge on any atom is 0.270 e. The lowest BCUT2D eigenvalue weighted by atomic mass is 9.90. The minimum atomic E-state index is -1.13. The van der Waals surface area contributed by atoms with E-state index in [9.17, 15) is 13.6 Å². The van der Waals surface area contributed by atoms with Gasteiger partial charge in [0.15, 0.2) is 17.4 Å². The lowest BCUT2D eigenvalue weighted by Crippen LogP contribution is -2.05. The minimum absolute atomic E-state index is 0.0270. The molecule has 1 aliphatic carbocycles. The molecule has 0 saturated heterocycles. The Bertz CT molecular complexity index is 812. The molecule has 22 heavy (non-hydrogen) atoms. The average molecular weight is 298 g/mol. The molecule has 0 bridgehead atoms. The lowest BCUT2D eigenvalue weighted by molar-refractivity contribution is 0.104.